The normalized spacial score (nSPS) is 9.88. The molecule has 0 spiro atoms. The van der Waals surface area contributed by atoms with Gasteiger partial charge in [0, 0.05) is 36.4 Å². The van der Waals surface area contributed by atoms with E-state index in [9.17, 15) is 9.59 Å². The predicted octanol–water partition coefficient (Wildman–Crippen LogP) is 2.35. The molecular formula is C8H14Cl2N2O2S2. The number of thioether (sulfide) groups is 2. The molecule has 0 aromatic rings. The molecule has 0 bridgehead atoms. The highest BCUT2D eigenvalue weighted by Gasteiger charge is 2.03. The largest absolute Gasteiger partial charge is 0.346 e. The molecule has 0 saturated carbocycles. The summed E-state index contributed by atoms with van der Waals surface area (Å²) in [6.07, 6.45) is 0. The number of hydrogen-bond donors (Lipinski definition) is 2. The molecule has 0 radical (unpaired) electrons. The summed E-state index contributed by atoms with van der Waals surface area (Å²) in [5, 5.41) is 5.02. The van der Waals surface area contributed by atoms with Gasteiger partial charge in [0.1, 0.15) is 0 Å². The summed E-state index contributed by atoms with van der Waals surface area (Å²) < 4.78 is 0. The first kappa shape index (κ1) is 16.2. The van der Waals surface area contributed by atoms with Crippen LogP contribution in [0.2, 0.25) is 0 Å². The van der Waals surface area contributed by atoms with Gasteiger partial charge in [0.05, 0.1) is 0 Å². The van der Waals surface area contributed by atoms with Gasteiger partial charge in [0.2, 0.25) is 0 Å². The van der Waals surface area contributed by atoms with Crippen molar-refractivity contribution in [2.24, 2.45) is 0 Å². The van der Waals surface area contributed by atoms with E-state index in [4.69, 9.17) is 23.2 Å². The van der Waals surface area contributed by atoms with Crippen LogP contribution >= 0.6 is 46.7 Å². The van der Waals surface area contributed by atoms with E-state index < -0.39 is 0 Å². The van der Waals surface area contributed by atoms with E-state index in [0.29, 0.717) is 36.4 Å². The third-order valence-corrected chi connectivity index (χ3v) is 3.54. The van der Waals surface area contributed by atoms with Crippen LogP contribution in [0.3, 0.4) is 0 Å². The molecule has 0 aromatic heterocycles. The molecule has 0 fully saturated rings. The van der Waals surface area contributed by atoms with E-state index in [-0.39, 0.29) is 10.5 Å². The fourth-order valence-electron chi connectivity index (χ4n) is 0.669. The third-order valence-electron chi connectivity index (χ3n) is 1.28. The van der Waals surface area contributed by atoms with E-state index >= 15 is 0 Å². The number of alkyl halides is 2. The second-order valence-electron chi connectivity index (χ2n) is 2.50. The first-order valence-corrected chi connectivity index (χ1v) is 7.68. The van der Waals surface area contributed by atoms with Crippen LogP contribution in [0.15, 0.2) is 0 Å². The van der Waals surface area contributed by atoms with Gasteiger partial charge in [-0.15, -0.1) is 23.2 Å². The van der Waals surface area contributed by atoms with Crippen molar-refractivity contribution >= 4 is 57.2 Å². The predicted molar refractivity (Wildman–Crippen MR) is 73.2 cm³/mol. The number of carbonyl (C=O) groups excluding carboxylic acids is 2. The van der Waals surface area contributed by atoms with E-state index in [1.54, 1.807) is 0 Å². The highest BCUT2D eigenvalue weighted by Crippen LogP contribution is 2.08. The van der Waals surface area contributed by atoms with Crippen LogP contribution in [0.4, 0.5) is 9.59 Å². The lowest BCUT2D eigenvalue weighted by Gasteiger charge is -2.03. The molecule has 0 rings (SSSR count). The number of hydrogen-bond acceptors (Lipinski definition) is 4. The molecule has 0 atom stereocenters. The average Bonchev–Trinajstić information content (AvgIpc) is 2.29. The third kappa shape index (κ3) is 10.7. The van der Waals surface area contributed by atoms with Crippen molar-refractivity contribution in [3.63, 3.8) is 0 Å². The molecular weight excluding hydrogens is 291 g/mol. The van der Waals surface area contributed by atoms with Gasteiger partial charge < -0.3 is 10.6 Å². The van der Waals surface area contributed by atoms with Gasteiger partial charge in [-0.1, -0.05) is 23.5 Å². The molecule has 94 valence electrons. The summed E-state index contributed by atoms with van der Waals surface area (Å²) in [5.41, 5.74) is 0. The van der Waals surface area contributed by atoms with Crippen molar-refractivity contribution in [3.05, 3.63) is 0 Å². The summed E-state index contributed by atoms with van der Waals surface area (Å²) in [6.45, 7) is 0.938. The Kier molecular flexibility index (Phi) is 11.9. The van der Waals surface area contributed by atoms with Gasteiger partial charge in [-0.2, -0.15) is 0 Å². The summed E-state index contributed by atoms with van der Waals surface area (Å²) in [5.74, 6) is 1.99. The first-order chi connectivity index (χ1) is 7.70. The maximum Gasteiger partial charge on any atom is 0.279 e. The van der Waals surface area contributed by atoms with Crippen LogP contribution in [0.5, 0.6) is 0 Å². The van der Waals surface area contributed by atoms with Crippen molar-refractivity contribution in [1.82, 2.24) is 10.6 Å². The Balaban J connectivity index is 3.31. The second kappa shape index (κ2) is 11.7. The van der Waals surface area contributed by atoms with Gasteiger partial charge >= 0.3 is 0 Å². The van der Waals surface area contributed by atoms with Crippen LogP contribution < -0.4 is 10.6 Å². The maximum absolute atomic E-state index is 11.1. The SMILES string of the molecule is O=C(NCCCl)SCCSC(=O)NCCCl. The number of carbonyl (C=O) groups is 2. The lowest BCUT2D eigenvalue weighted by atomic mass is 10.8. The molecule has 0 aliphatic rings. The van der Waals surface area contributed by atoms with Crippen LogP contribution in [0, 0.1) is 0 Å². The lowest BCUT2D eigenvalue weighted by molar-refractivity contribution is 0.260. The Morgan fingerprint density at radius 2 is 1.25 bits per heavy atom. The quantitative estimate of drug-likeness (QED) is 0.560. The molecule has 4 nitrogen and oxygen atoms in total. The van der Waals surface area contributed by atoms with Crippen LogP contribution in [0.25, 0.3) is 0 Å². The fraction of sp³-hybridized carbons (Fsp3) is 0.750. The Hall–Kier alpha value is 0.220. The van der Waals surface area contributed by atoms with Crippen molar-refractivity contribution in [2.75, 3.05) is 36.4 Å². The van der Waals surface area contributed by atoms with Gasteiger partial charge in [0.15, 0.2) is 0 Å². The molecule has 16 heavy (non-hydrogen) atoms. The molecule has 0 saturated heterocycles. The Labute approximate surface area is 114 Å². The standard InChI is InChI=1S/C8H14Cl2N2O2S2/c9-1-3-11-7(13)15-5-6-16-8(14)12-4-2-10/h1-6H2,(H,11,13)(H,12,14). The van der Waals surface area contributed by atoms with E-state index in [2.05, 4.69) is 10.6 Å². The monoisotopic (exact) mass is 304 g/mol. The van der Waals surface area contributed by atoms with E-state index in [0.717, 1.165) is 23.5 Å². The van der Waals surface area contributed by atoms with E-state index in [1.165, 1.54) is 0 Å². The average molecular weight is 305 g/mol. The van der Waals surface area contributed by atoms with Gasteiger partial charge in [-0.05, 0) is 0 Å². The molecule has 0 aliphatic carbocycles. The molecule has 2 N–H and O–H groups in total. The number of rotatable bonds is 7. The zero-order chi connectivity index (χ0) is 12.2. The van der Waals surface area contributed by atoms with Crippen molar-refractivity contribution in [1.29, 1.82) is 0 Å². The Morgan fingerprint density at radius 3 is 1.56 bits per heavy atom. The summed E-state index contributed by atoms with van der Waals surface area (Å²) in [7, 11) is 0. The van der Waals surface area contributed by atoms with Crippen molar-refractivity contribution in [3.8, 4) is 0 Å². The summed E-state index contributed by atoms with van der Waals surface area (Å²) >= 11 is 13.1. The molecule has 0 aromatic carbocycles. The van der Waals surface area contributed by atoms with Crippen LogP contribution in [-0.2, 0) is 0 Å². The minimum Gasteiger partial charge on any atom is -0.346 e. The number of amides is 2. The first-order valence-electron chi connectivity index (χ1n) is 4.64. The molecule has 0 aliphatic heterocycles. The second-order valence-corrected chi connectivity index (χ2v) is 5.39. The van der Waals surface area contributed by atoms with Crippen molar-refractivity contribution in [2.45, 2.75) is 0 Å². The van der Waals surface area contributed by atoms with E-state index in [1.807, 2.05) is 0 Å². The smallest absolute Gasteiger partial charge is 0.279 e. The minimum absolute atomic E-state index is 0.109. The van der Waals surface area contributed by atoms with Crippen LogP contribution in [0.1, 0.15) is 0 Å². The van der Waals surface area contributed by atoms with Crippen LogP contribution in [-0.4, -0.2) is 46.8 Å². The summed E-state index contributed by atoms with van der Waals surface area (Å²) in [6, 6.07) is 0. The molecule has 2 amide bonds. The fourth-order valence-corrected chi connectivity index (χ4v) is 2.30. The van der Waals surface area contributed by atoms with Gasteiger partial charge in [-0.3, -0.25) is 9.59 Å². The molecule has 0 unspecified atom stereocenters. The van der Waals surface area contributed by atoms with Gasteiger partial charge in [-0.25, -0.2) is 0 Å². The number of nitrogens with one attached hydrogen (secondary N) is 2. The Morgan fingerprint density at radius 1 is 0.875 bits per heavy atom. The van der Waals surface area contributed by atoms with Crippen molar-refractivity contribution < 1.29 is 9.59 Å². The zero-order valence-corrected chi connectivity index (χ0v) is 11.8. The zero-order valence-electron chi connectivity index (χ0n) is 8.63. The topological polar surface area (TPSA) is 58.2 Å². The maximum atomic E-state index is 11.1. The summed E-state index contributed by atoms with van der Waals surface area (Å²) in [4.78, 5) is 22.2. The highest BCUT2D eigenvalue weighted by atomic mass is 35.5. The minimum atomic E-state index is -0.109. The lowest BCUT2D eigenvalue weighted by Crippen LogP contribution is -2.22. The highest BCUT2D eigenvalue weighted by molar-refractivity contribution is 8.16. The number of halogens is 2. The molecule has 0 heterocycles. The molecule has 8 heteroatoms. The Bertz CT molecular complexity index is 198. The van der Waals surface area contributed by atoms with Gasteiger partial charge in [0.25, 0.3) is 10.5 Å².